The zero-order valence-electron chi connectivity index (χ0n) is 32.4. The van der Waals surface area contributed by atoms with Crippen molar-refractivity contribution in [1.82, 2.24) is 14.6 Å². The molecule has 4 rings (SSSR count). The number of hydrogen-bond donors (Lipinski definition) is 4. The molecule has 0 radical (unpaired) electrons. The van der Waals surface area contributed by atoms with Crippen LogP contribution in [0.4, 0.5) is 5.82 Å². The number of nitrogens with two attached hydrogens (primary N) is 1. The molecule has 1 aliphatic rings. The topological polar surface area (TPSA) is 204 Å². The van der Waals surface area contributed by atoms with Crippen molar-refractivity contribution < 1.29 is 42.9 Å². The fourth-order valence-corrected chi connectivity index (χ4v) is 7.64. The molecule has 2 aromatic heterocycles. The number of para-hydroxylation sites is 1. The molecule has 3 heterocycles. The lowest BCUT2D eigenvalue weighted by atomic mass is 9.92. The molecule has 1 unspecified atom stereocenters. The monoisotopic (exact) mass is 787 g/mol. The Kier molecular flexibility index (Phi) is 19.3. The number of anilines is 1. The molecule has 5 N–H and O–H groups in total. The summed E-state index contributed by atoms with van der Waals surface area (Å²) in [7, 11) is -4.68. The molecule has 0 spiro atoms. The summed E-state index contributed by atoms with van der Waals surface area (Å²) in [6, 6.07) is 14.2. The van der Waals surface area contributed by atoms with Crippen LogP contribution in [-0.2, 0) is 28.7 Å². The summed E-state index contributed by atoms with van der Waals surface area (Å²) in [6.07, 6.45) is 17.1. The second-order valence-corrected chi connectivity index (χ2v) is 16.0. The van der Waals surface area contributed by atoms with Crippen LogP contribution < -0.4 is 10.5 Å². The van der Waals surface area contributed by atoms with Crippen LogP contribution in [0.25, 0.3) is 5.52 Å². The van der Waals surface area contributed by atoms with E-state index < -0.39 is 44.3 Å². The van der Waals surface area contributed by atoms with Crippen LogP contribution in [0.1, 0.15) is 115 Å². The van der Waals surface area contributed by atoms with E-state index in [0.717, 1.165) is 12.8 Å². The number of nitriles is 1. The number of nitrogens with zero attached hydrogens (tertiary/aromatic N) is 4. The smallest absolute Gasteiger partial charge is 0.472 e. The number of phosphoric ester groups is 1. The van der Waals surface area contributed by atoms with Crippen molar-refractivity contribution >= 4 is 19.2 Å². The standard InChI is InChI=1S/C40H62N5O9P/c1-2-3-4-5-6-7-8-9-10-11-12-13-14-15-16-20-25-50-26-32(27-51-33-21-18-17-19-22-33)28-52-55(48,49)53-29-35-37(46)38(47)40(30-41,54-35)36-24-23-34-39(42)43-31-44-45(34)36/h17-19,21-24,31-32,35,37-38,46-47H,2-16,20,25-29H2,1H3,(H,48,49)(H2,42,43,44)/t32-,35+,37+,38+,40-/m0/s1. The minimum Gasteiger partial charge on any atom is -0.493 e. The fourth-order valence-electron chi connectivity index (χ4n) is 6.83. The number of nitrogen functional groups attached to an aromatic ring is 1. The highest BCUT2D eigenvalue weighted by Crippen LogP contribution is 2.46. The quantitative estimate of drug-likeness (QED) is 0.0405. The average Bonchev–Trinajstić information content (AvgIpc) is 3.74. The number of benzene rings is 1. The molecule has 1 fully saturated rings. The molecule has 3 aromatic rings. The summed E-state index contributed by atoms with van der Waals surface area (Å²) in [4.78, 5) is 14.5. The predicted octanol–water partition coefficient (Wildman–Crippen LogP) is 7.26. The Morgan fingerprint density at radius 2 is 1.51 bits per heavy atom. The third-order valence-corrected chi connectivity index (χ3v) is 11.0. The molecule has 14 nitrogen and oxygen atoms in total. The van der Waals surface area contributed by atoms with E-state index in [1.807, 2.05) is 36.4 Å². The summed E-state index contributed by atoms with van der Waals surface area (Å²) in [6.45, 7) is 2.36. The summed E-state index contributed by atoms with van der Waals surface area (Å²) in [5.41, 5.74) is 4.29. The van der Waals surface area contributed by atoms with Gasteiger partial charge in [0, 0.05) is 12.5 Å². The Balaban J connectivity index is 1.15. The third kappa shape index (κ3) is 14.1. The second-order valence-electron chi connectivity index (χ2n) is 14.5. The van der Waals surface area contributed by atoms with Gasteiger partial charge in [0.15, 0.2) is 5.82 Å². The molecule has 0 saturated carbocycles. The van der Waals surface area contributed by atoms with Gasteiger partial charge in [-0.05, 0) is 30.7 Å². The van der Waals surface area contributed by atoms with E-state index in [1.54, 1.807) is 6.07 Å². The van der Waals surface area contributed by atoms with Gasteiger partial charge in [0.05, 0.1) is 32.1 Å². The van der Waals surface area contributed by atoms with Gasteiger partial charge in [-0.25, -0.2) is 14.1 Å². The van der Waals surface area contributed by atoms with E-state index in [2.05, 4.69) is 17.0 Å². The number of hydrogen-bond acceptors (Lipinski definition) is 12. The van der Waals surface area contributed by atoms with Gasteiger partial charge >= 0.3 is 7.82 Å². The van der Waals surface area contributed by atoms with Gasteiger partial charge in [0.1, 0.15) is 42.0 Å². The summed E-state index contributed by atoms with van der Waals surface area (Å²) in [5, 5.41) is 36.0. The van der Waals surface area contributed by atoms with Gasteiger partial charge in [-0.1, -0.05) is 121 Å². The van der Waals surface area contributed by atoms with E-state index in [-0.39, 0.29) is 31.3 Å². The Morgan fingerprint density at radius 3 is 2.13 bits per heavy atom. The first-order valence-corrected chi connectivity index (χ1v) is 21.6. The van der Waals surface area contributed by atoms with E-state index in [0.29, 0.717) is 17.9 Å². The zero-order chi connectivity index (χ0) is 39.4. The number of aliphatic hydroxyl groups is 2. The van der Waals surface area contributed by atoms with Crippen LogP contribution in [-0.4, -0.2) is 81.1 Å². The number of aliphatic hydroxyl groups excluding tert-OH is 2. The molecule has 306 valence electrons. The zero-order valence-corrected chi connectivity index (χ0v) is 33.3. The Labute approximate surface area is 325 Å². The molecule has 1 aliphatic heterocycles. The summed E-state index contributed by atoms with van der Waals surface area (Å²) < 4.78 is 42.5. The lowest BCUT2D eigenvalue weighted by Crippen LogP contribution is -2.41. The maximum Gasteiger partial charge on any atom is 0.472 e. The number of aromatic nitrogens is 3. The van der Waals surface area contributed by atoms with Crippen molar-refractivity contribution in [1.29, 1.82) is 5.26 Å². The number of ether oxygens (including phenoxy) is 3. The van der Waals surface area contributed by atoms with E-state index in [1.165, 1.54) is 107 Å². The van der Waals surface area contributed by atoms with Crippen LogP contribution in [0, 0.1) is 17.2 Å². The van der Waals surface area contributed by atoms with Crippen LogP contribution in [0.5, 0.6) is 5.75 Å². The van der Waals surface area contributed by atoms with Gasteiger partial charge < -0.3 is 35.1 Å². The van der Waals surface area contributed by atoms with Crippen molar-refractivity contribution in [3.63, 3.8) is 0 Å². The molecule has 1 aromatic carbocycles. The normalized spacial score (nSPS) is 21.4. The van der Waals surface area contributed by atoms with Crippen LogP contribution in [0.3, 0.4) is 0 Å². The Hall–Kier alpha value is -3.12. The molecule has 1 saturated heterocycles. The van der Waals surface area contributed by atoms with Gasteiger partial charge in [0.2, 0.25) is 5.60 Å². The van der Waals surface area contributed by atoms with Gasteiger partial charge in [-0.3, -0.25) is 9.05 Å². The van der Waals surface area contributed by atoms with Gasteiger partial charge in [0.25, 0.3) is 0 Å². The molecule has 0 bridgehead atoms. The van der Waals surface area contributed by atoms with Gasteiger partial charge in [-0.15, -0.1) is 0 Å². The lowest BCUT2D eigenvalue weighted by molar-refractivity contribution is -0.0648. The molecule has 6 atom stereocenters. The molecule has 0 amide bonds. The summed E-state index contributed by atoms with van der Waals surface area (Å²) >= 11 is 0. The SMILES string of the molecule is CCCCCCCCCCCCCCCCCCOC[C@@H](COc1ccccc1)COP(=O)(O)OC[C@H]1O[C@@](C#N)(c2ccc3c(N)ncnn23)[C@H](O)[C@@H]1O. The maximum atomic E-state index is 13.0. The van der Waals surface area contributed by atoms with Crippen molar-refractivity contribution in [2.24, 2.45) is 5.92 Å². The van der Waals surface area contributed by atoms with Crippen LogP contribution in [0.2, 0.25) is 0 Å². The van der Waals surface area contributed by atoms with Crippen molar-refractivity contribution in [2.45, 2.75) is 134 Å². The average molecular weight is 788 g/mol. The number of rotatable bonds is 29. The first-order chi connectivity index (χ1) is 26.7. The molecule has 15 heteroatoms. The Morgan fingerprint density at radius 1 is 0.891 bits per heavy atom. The maximum absolute atomic E-state index is 13.0. The number of phosphoric acid groups is 1. The third-order valence-electron chi connectivity index (χ3n) is 10.1. The van der Waals surface area contributed by atoms with Gasteiger partial charge in [-0.2, -0.15) is 10.4 Å². The highest BCUT2D eigenvalue weighted by atomic mass is 31.2. The van der Waals surface area contributed by atoms with Crippen LogP contribution in [0.15, 0.2) is 48.8 Å². The van der Waals surface area contributed by atoms with Crippen molar-refractivity contribution in [2.75, 3.05) is 38.8 Å². The molecule has 0 aliphatic carbocycles. The molecule has 55 heavy (non-hydrogen) atoms. The molecular formula is C40H62N5O9P. The second kappa shape index (κ2) is 23.8. The fraction of sp³-hybridized carbons (Fsp3) is 0.675. The van der Waals surface area contributed by atoms with E-state index in [4.69, 9.17) is 29.0 Å². The largest absolute Gasteiger partial charge is 0.493 e. The van der Waals surface area contributed by atoms with Crippen LogP contribution >= 0.6 is 7.82 Å². The van der Waals surface area contributed by atoms with E-state index >= 15 is 0 Å². The highest BCUT2D eigenvalue weighted by Gasteiger charge is 2.58. The van der Waals surface area contributed by atoms with Crippen molar-refractivity contribution in [3.05, 3.63) is 54.5 Å². The lowest BCUT2D eigenvalue weighted by Gasteiger charge is -2.24. The number of fused-ring (bicyclic) bond motifs is 1. The highest BCUT2D eigenvalue weighted by molar-refractivity contribution is 7.47. The number of unbranched alkanes of at least 4 members (excludes halogenated alkanes) is 15. The van der Waals surface area contributed by atoms with Crippen molar-refractivity contribution in [3.8, 4) is 11.8 Å². The molecular weight excluding hydrogens is 725 g/mol. The minimum absolute atomic E-state index is 0.0948. The van der Waals surface area contributed by atoms with E-state index in [9.17, 15) is 24.9 Å². The first kappa shape index (κ1) is 44.6. The first-order valence-electron chi connectivity index (χ1n) is 20.1. The Bertz CT molecular complexity index is 1610. The predicted molar refractivity (Wildman–Crippen MR) is 209 cm³/mol. The summed E-state index contributed by atoms with van der Waals surface area (Å²) in [5.74, 6) is 0.382. The minimum atomic E-state index is -4.68.